The molecule has 114 valence electrons. The highest BCUT2D eigenvalue weighted by Crippen LogP contribution is 2.31. The van der Waals surface area contributed by atoms with Crippen molar-refractivity contribution in [3.8, 4) is 0 Å². The van der Waals surface area contributed by atoms with Gasteiger partial charge >= 0.3 is 0 Å². The number of hydrogen-bond acceptors (Lipinski definition) is 3. The fourth-order valence-electron chi connectivity index (χ4n) is 2.67. The first-order chi connectivity index (χ1) is 8.97. The van der Waals surface area contributed by atoms with Crippen LogP contribution in [0.15, 0.2) is 21.1 Å². The Morgan fingerprint density at radius 3 is 2.45 bits per heavy atom. The van der Waals surface area contributed by atoms with Crippen LogP contribution in [0.3, 0.4) is 0 Å². The van der Waals surface area contributed by atoms with E-state index in [-0.39, 0.29) is 12.4 Å². The summed E-state index contributed by atoms with van der Waals surface area (Å²) in [5.41, 5.74) is 8.17. The maximum absolute atomic E-state index is 6.14. The predicted molar refractivity (Wildman–Crippen MR) is 100.0 cm³/mol. The van der Waals surface area contributed by atoms with Gasteiger partial charge in [-0.05, 0) is 66.4 Å². The summed E-state index contributed by atoms with van der Waals surface area (Å²) < 4.78 is 2.03. The Kier molecular flexibility index (Phi) is 7.71. The summed E-state index contributed by atoms with van der Waals surface area (Å²) in [5.74, 6) is 0. The largest absolute Gasteiger partial charge is 0.398 e. The molecule has 0 radical (unpaired) electrons. The van der Waals surface area contributed by atoms with Gasteiger partial charge in [0.25, 0.3) is 0 Å². The molecule has 1 aromatic rings. The standard InChI is InChI=1S/C14H20Br2N2S.ClH/c1-18(11-2-4-12(19)5-3-11)8-9-6-10(15)7-13(16)14(9)17;/h6-7,11-12,19H,2-5,8,17H2,1H3;1H. The molecule has 0 atom stereocenters. The highest BCUT2D eigenvalue weighted by atomic mass is 79.9. The molecule has 1 aliphatic carbocycles. The number of nitrogens with zero attached hydrogens (tertiary/aromatic N) is 1. The summed E-state index contributed by atoms with van der Waals surface area (Å²) in [6, 6.07) is 4.76. The van der Waals surface area contributed by atoms with Crippen molar-refractivity contribution in [2.24, 2.45) is 0 Å². The van der Waals surface area contributed by atoms with Gasteiger partial charge in [-0.3, -0.25) is 4.90 Å². The van der Waals surface area contributed by atoms with Crippen molar-refractivity contribution in [1.82, 2.24) is 4.90 Å². The van der Waals surface area contributed by atoms with Gasteiger partial charge in [0.1, 0.15) is 0 Å². The number of nitrogens with two attached hydrogens (primary N) is 1. The fraction of sp³-hybridized carbons (Fsp3) is 0.571. The maximum atomic E-state index is 6.14. The van der Waals surface area contributed by atoms with E-state index >= 15 is 0 Å². The predicted octanol–water partition coefficient (Wildman–Crippen LogP) is 4.89. The molecule has 20 heavy (non-hydrogen) atoms. The molecule has 2 rings (SSSR count). The molecule has 0 spiro atoms. The van der Waals surface area contributed by atoms with Crippen LogP contribution in [0.4, 0.5) is 5.69 Å². The minimum atomic E-state index is 0. The highest BCUT2D eigenvalue weighted by molar-refractivity contribution is 9.11. The number of nitrogen functional groups attached to an aromatic ring is 1. The maximum Gasteiger partial charge on any atom is 0.0504 e. The number of hydrogen-bond donors (Lipinski definition) is 2. The molecule has 0 aromatic heterocycles. The molecule has 6 heteroatoms. The Bertz CT molecular complexity index is 451. The SMILES string of the molecule is CN(Cc1cc(Br)cc(Br)c1N)C1CCC(S)CC1.Cl. The molecule has 1 aromatic carbocycles. The first kappa shape index (κ1) is 18.6. The second kappa shape index (κ2) is 8.28. The average Bonchev–Trinajstić information content (AvgIpc) is 2.36. The summed E-state index contributed by atoms with van der Waals surface area (Å²) in [6.07, 6.45) is 4.91. The summed E-state index contributed by atoms with van der Waals surface area (Å²) >= 11 is 11.6. The molecule has 1 aliphatic rings. The van der Waals surface area contributed by atoms with Crippen LogP contribution in [0.2, 0.25) is 0 Å². The van der Waals surface area contributed by atoms with E-state index in [9.17, 15) is 0 Å². The lowest BCUT2D eigenvalue weighted by Crippen LogP contribution is -2.35. The molecule has 0 heterocycles. The molecule has 0 bridgehead atoms. The van der Waals surface area contributed by atoms with Crippen molar-refractivity contribution in [1.29, 1.82) is 0 Å². The summed E-state index contributed by atoms with van der Waals surface area (Å²) in [7, 11) is 2.19. The monoisotopic (exact) mass is 442 g/mol. The molecule has 1 fully saturated rings. The van der Waals surface area contributed by atoms with Crippen LogP contribution in [0.25, 0.3) is 0 Å². The Hall–Kier alpha value is 0.580. The Morgan fingerprint density at radius 1 is 1.25 bits per heavy atom. The average molecular weight is 445 g/mol. The second-order valence-electron chi connectivity index (χ2n) is 5.34. The smallest absolute Gasteiger partial charge is 0.0504 e. The second-order valence-corrected chi connectivity index (χ2v) is 7.84. The van der Waals surface area contributed by atoms with E-state index in [2.05, 4.69) is 62.5 Å². The van der Waals surface area contributed by atoms with Gasteiger partial charge in [-0.1, -0.05) is 15.9 Å². The van der Waals surface area contributed by atoms with Crippen molar-refractivity contribution in [3.05, 3.63) is 26.6 Å². The zero-order chi connectivity index (χ0) is 14.0. The van der Waals surface area contributed by atoms with Crippen LogP contribution >= 0.6 is 56.9 Å². The van der Waals surface area contributed by atoms with E-state index in [0.717, 1.165) is 21.2 Å². The highest BCUT2D eigenvalue weighted by Gasteiger charge is 2.22. The van der Waals surface area contributed by atoms with Crippen LogP contribution in [0, 0.1) is 0 Å². The van der Waals surface area contributed by atoms with Gasteiger partial charge in [0.15, 0.2) is 0 Å². The lowest BCUT2D eigenvalue weighted by Gasteiger charge is -2.33. The molecule has 2 N–H and O–H groups in total. The molecule has 0 saturated heterocycles. The summed E-state index contributed by atoms with van der Waals surface area (Å²) in [5, 5.41) is 0.592. The van der Waals surface area contributed by atoms with Crippen molar-refractivity contribution in [3.63, 3.8) is 0 Å². The first-order valence-electron chi connectivity index (χ1n) is 6.59. The lowest BCUT2D eigenvalue weighted by molar-refractivity contribution is 0.187. The van der Waals surface area contributed by atoms with E-state index in [0.29, 0.717) is 11.3 Å². The Morgan fingerprint density at radius 2 is 1.85 bits per heavy atom. The van der Waals surface area contributed by atoms with Gasteiger partial charge < -0.3 is 5.73 Å². The van der Waals surface area contributed by atoms with E-state index in [1.807, 2.05) is 6.07 Å². The normalized spacial score (nSPS) is 22.6. The molecule has 2 nitrogen and oxygen atoms in total. The minimum Gasteiger partial charge on any atom is -0.398 e. The number of thiol groups is 1. The topological polar surface area (TPSA) is 29.3 Å². The number of anilines is 1. The number of halogens is 3. The van der Waals surface area contributed by atoms with Crippen LogP contribution in [-0.2, 0) is 6.54 Å². The molecule has 0 aliphatic heterocycles. The molecular formula is C14H21Br2ClN2S. The third-order valence-electron chi connectivity index (χ3n) is 3.89. The van der Waals surface area contributed by atoms with Crippen LogP contribution in [0.5, 0.6) is 0 Å². The van der Waals surface area contributed by atoms with E-state index in [1.165, 1.54) is 31.2 Å². The van der Waals surface area contributed by atoms with E-state index in [1.54, 1.807) is 0 Å². The minimum absolute atomic E-state index is 0. The van der Waals surface area contributed by atoms with Gasteiger partial charge in [-0.15, -0.1) is 12.4 Å². The van der Waals surface area contributed by atoms with Crippen LogP contribution in [-0.4, -0.2) is 23.2 Å². The molecule has 0 amide bonds. The molecule has 1 saturated carbocycles. The van der Waals surface area contributed by atoms with Gasteiger partial charge in [0, 0.05) is 26.8 Å². The molecular weight excluding hydrogens is 423 g/mol. The number of rotatable bonds is 3. The first-order valence-corrected chi connectivity index (χ1v) is 8.69. The zero-order valence-corrected chi connectivity index (χ0v) is 16.4. The third kappa shape index (κ3) is 4.80. The third-order valence-corrected chi connectivity index (χ3v) is 5.52. The fourth-order valence-corrected chi connectivity index (χ4v) is 4.28. The van der Waals surface area contributed by atoms with Gasteiger partial charge in [-0.2, -0.15) is 12.6 Å². The summed E-state index contributed by atoms with van der Waals surface area (Å²) in [6.45, 7) is 0.895. The molecule has 0 unspecified atom stereocenters. The zero-order valence-electron chi connectivity index (χ0n) is 11.5. The van der Waals surface area contributed by atoms with Crippen molar-refractivity contribution in [2.45, 2.75) is 43.5 Å². The number of benzene rings is 1. The van der Waals surface area contributed by atoms with Crippen LogP contribution < -0.4 is 5.73 Å². The summed E-state index contributed by atoms with van der Waals surface area (Å²) in [4.78, 5) is 2.42. The quantitative estimate of drug-likeness (QED) is 0.514. The van der Waals surface area contributed by atoms with Gasteiger partial charge in [-0.25, -0.2) is 0 Å². The van der Waals surface area contributed by atoms with Crippen molar-refractivity contribution >= 4 is 62.6 Å². The van der Waals surface area contributed by atoms with E-state index < -0.39 is 0 Å². The Balaban J connectivity index is 0.00000200. The Labute approximate surface area is 149 Å². The van der Waals surface area contributed by atoms with Crippen molar-refractivity contribution in [2.75, 3.05) is 12.8 Å². The van der Waals surface area contributed by atoms with Crippen molar-refractivity contribution < 1.29 is 0 Å². The van der Waals surface area contributed by atoms with Gasteiger partial charge in [0.2, 0.25) is 0 Å². The van der Waals surface area contributed by atoms with Gasteiger partial charge in [0.05, 0.1) is 5.69 Å². The van der Waals surface area contributed by atoms with E-state index in [4.69, 9.17) is 5.73 Å². The van der Waals surface area contributed by atoms with Crippen LogP contribution in [0.1, 0.15) is 31.2 Å². The lowest BCUT2D eigenvalue weighted by atomic mass is 9.93.